The van der Waals surface area contributed by atoms with Crippen LogP contribution in [0.1, 0.15) is 24.5 Å². The maximum atomic E-state index is 13.2. The van der Waals surface area contributed by atoms with Gasteiger partial charge in [0.05, 0.1) is 19.2 Å². The first-order chi connectivity index (χ1) is 14.4. The van der Waals surface area contributed by atoms with Crippen LogP contribution < -0.4 is 15.0 Å². The number of urea groups is 1. The van der Waals surface area contributed by atoms with Crippen molar-refractivity contribution in [1.82, 2.24) is 10.2 Å². The normalized spacial score (nSPS) is 16.2. The van der Waals surface area contributed by atoms with Crippen molar-refractivity contribution in [3.63, 3.8) is 0 Å². The van der Waals surface area contributed by atoms with Gasteiger partial charge in [-0.3, -0.25) is 9.59 Å². The van der Waals surface area contributed by atoms with Gasteiger partial charge in [0.15, 0.2) is 0 Å². The predicted octanol–water partition coefficient (Wildman–Crippen LogP) is 2.91. The number of methoxy groups -OCH3 is 1. The molecule has 1 aliphatic rings. The lowest BCUT2D eigenvalue weighted by Gasteiger charge is -2.21. The van der Waals surface area contributed by atoms with Gasteiger partial charge < -0.3 is 15.0 Å². The number of hydrogen-bond donors (Lipinski definition) is 1. The van der Waals surface area contributed by atoms with Crippen LogP contribution in [-0.2, 0) is 16.0 Å². The van der Waals surface area contributed by atoms with Crippen molar-refractivity contribution in [1.29, 1.82) is 0 Å². The number of benzene rings is 2. The van der Waals surface area contributed by atoms with Crippen LogP contribution in [0.15, 0.2) is 48.5 Å². The molecular weight excluding hydrogens is 382 g/mol. The monoisotopic (exact) mass is 409 g/mol. The molecule has 1 fully saturated rings. The van der Waals surface area contributed by atoms with Crippen LogP contribution in [0.25, 0.3) is 0 Å². The number of carbonyl (C=O) groups is 3. The highest BCUT2D eigenvalue weighted by atomic mass is 16.5. The van der Waals surface area contributed by atoms with Crippen LogP contribution in [-0.4, -0.2) is 49.0 Å². The number of hydrogen-bond acceptors (Lipinski definition) is 4. The average molecular weight is 409 g/mol. The molecule has 0 spiro atoms. The number of amides is 4. The van der Waals surface area contributed by atoms with Crippen LogP contribution in [0.2, 0.25) is 0 Å². The Morgan fingerprint density at radius 1 is 1.07 bits per heavy atom. The molecule has 158 valence electrons. The van der Waals surface area contributed by atoms with Crippen LogP contribution in [0, 0.1) is 6.92 Å². The molecule has 0 unspecified atom stereocenters. The summed E-state index contributed by atoms with van der Waals surface area (Å²) in [4.78, 5) is 41.1. The molecule has 1 aliphatic heterocycles. The third-order valence-corrected chi connectivity index (χ3v) is 5.16. The standard InChI is InChI=1S/C23H27N3O4/c1-4-24-21(27)15-20-22(28)26(18-9-5-16(2)6-10-18)23(29)25(20)14-13-17-7-11-19(30-3)12-8-17/h5-12,20H,4,13-15H2,1-3H3,(H,24,27)/t20-/m0/s1. The van der Waals surface area contributed by atoms with Gasteiger partial charge in [0.1, 0.15) is 11.8 Å². The predicted molar refractivity (Wildman–Crippen MR) is 115 cm³/mol. The average Bonchev–Trinajstić information content (AvgIpc) is 2.97. The quantitative estimate of drug-likeness (QED) is 0.680. The lowest BCUT2D eigenvalue weighted by atomic mass is 10.1. The number of ether oxygens (including phenoxy) is 1. The van der Waals surface area contributed by atoms with Crippen molar-refractivity contribution in [2.45, 2.75) is 32.7 Å². The van der Waals surface area contributed by atoms with Crippen LogP contribution >= 0.6 is 0 Å². The number of imide groups is 1. The van der Waals surface area contributed by atoms with E-state index in [9.17, 15) is 14.4 Å². The summed E-state index contributed by atoms with van der Waals surface area (Å²) in [5.41, 5.74) is 2.57. The SMILES string of the molecule is CCNC(=O)C[C@H]1C(=O)N(c2ccc(C)cc2)C(=O)N1CCc1ccc(OC)cc1. The van der Waals surface area contributed by atoms with Crippen molar-refractivity contribution in [3.05, 3.63) is 59.7 Å². The Hall–Kier alpha value is -3.35. The van der Waals surface area contributed by atoms with E-state index < -0.39 is 12.1 Å². The number of rotatable bonds is 8. The van der Waals surface area contributed by atoms with E-state index in [1.807, 2.05) is 50.2 Å². The molecule has 4 amide bonds. The fourth-order valence-electron chi connectivity index (χ4n) is 3.51. The van der Waals surface area contributed by atoms with E-state index in [0.29, 0.717) is 25.2 Å². The van der Waals surface area contributed by atoms with E-state index in [1.165, 1.54) is 9.80 Å². The maximum Gasteiger partial charge on any atom is 0.332 e. The molecule has 1 atom stereocenters. The molecule has 30 heavy (non-hydrogen) atoms. The van der Waals surface area contributed by atoms with E-state index >= 15 is 0 Å². The molecule has 2 aromatic carbocycles. The number of nitrogens with one attached hydrogen (secondary N) is 1. The van der Waals surface area contributed by atoms with Crippen molar-refractivity contribution < 1.29 is 19.1 Å². The fourth-order valence-corrected chi connectivity index (χ4v) is 3.51. The van der Waals surface area contributed by atoms with Crippen molar-refractivity contribution >= 4 is 23.5 Å². The van der Waals surface area contributed by atoms with Crippen LogP contribution in [0.5, 0.6) is 5.75 Å². The number of carbonyl (C=O) groups excluding carboxylic acids is 3. The third kappa shape index (κ3) is 4.62. The second kappa shape index (κ2) is 9.43. The number of aryl methyl sites for hydroxylation is 1. The third-order valence-electron chi connectivity index (χ3n) is 5.16. The molecule has 0 bridgehead atoms. The highest BCUT2D eigenvalue weighted by Crippen LogP contribution is 2.27. The molecule has 7 nitrogen and oxygen atoms in total. The van der Waals surface area contributed by atoms with Crippen molar-refractivity contribution in [3.8, 4) is 5.75 Å². The van der Waals surface area contributed by atoms with E-state index in [4.69, 9.17) is 4.74 Å². The summed E-state index contributed by atoms with van der Waals surface area (Å²) < 4.78 is 5.17. The van der Waals surface area contributed by atoms with E-state index in [2.05, 4.69) is 5.32 Å². The minimum atomic E-state index is -0.816. The maximum absolute atomic E-state index is 13.2. The zero-order chi connectivity index (χ0) is 21.7. The Morgan fingerprint density at radius 2 is 1.73 bits per heavy atom. The Balaban J connectivity index is 1.82. The molecule has 3 rings (SSSR count). The van der Waals surface area contributed by atoms with Gasteiger partial charge in [-0.25, -0.2) is 9.69 Å². The Labute approximate surface area is 176 Å². The van der Waals surface area contributed by atoms with Gasteiger partial charge >= 0.3 is 6.03 Å². The zero-order valence-electron chi connectivity index (χ0n) is 17.6. The molecule has 0 aliphatic carbocycles. The van der Waals surface area contributed by atoms with Crippen LogP contribution in [0.3, 0.4) is 0 Å². The lowest BCUT2D eigenvalue weighted by Crippen LogP contribution is -2.40. The minimum Gasteiger partial charge on any atom is -0.497 e. The van der Waals surface area contributed by atoms with Crippen molar-refractivity contribution in [2.75, 3.05) is 25.1 Å². The summed E-state index contributed by atoms with van der Waals surface area (Å²) in [5.74, 6) is 0.138. The molecule has 1 heterocycles. The van der Waals surface area contributed by atoms with Gasteiger partial charge in [0.2, 0.25) is 5.91 Å². The smallest absolute Gasteiger partial charge is 0.332 e. The molecule has 1 saturated heterocycles. The lowest BCUT2D eigenvalue weighted by molar-refractivity contribution is -0.127. The largest absolute Gasteiger partial charge is 0.497 e. The summed E-state index contributed by atoms with van der Waals surface area (Å²) in [7, 11) is 1.61. The second-order valence-electron chi connectivity index (χ2n) is 7.26. The molecule has 7 heteroatoms. The van der Waals surface area contributed by atoms with Gasteiger partial charge in [0.25, 0.3) is 5.91 Å². The van der Waals surface area contributed by atoms with Crippen LogP contribution in [0.4, 0.5) is 10.5 Å². The summed E-state index contributed by atoms with van der Waals surface area (Å²) in [6.07, 6.45) is 0.514. The number of nitrogens with zero attached hydrogens (tertiary/aromatic N) is 2. The van der Waals surface area contributed by atoms with Crippen molar-refractivity contribution in [2.24, 2.45) is 0 Å². The first kappa shape index (κ1) is 21.4. The van der Waals surface area contributed by atoms with E-state index in [1.54, 1.807) is 19.2 Å². The second-order valence-corrected chi connectivity index (χ2v) is 7.26. The molecule has 0 radical (unpaired) electrons. The van der Waals surface area contributed by atoms with Gasteiger partial charge in [-0.2, -0.15) is 0 Å². The molecule has 0 saturated carbocycles. The highest BCUT2D eigenvalue weighted by Gasteiger charge is 2.46. The van der Waals surface area contributed by atoms with Gasteiger partial charge in [-0.05, 0) is 50.1 Å². The molecule has 0 aromatic heterocycles. The minimum absolute atomic E-state index is 0.0522. The summed E-state index contributed by atoms with van der Waals surface area (Å²) in [5, 5.41) is 2.72. The van der Waals surface area contributed by atoms with Gasteiger partial charge in [-0.15, -0.1) is 0 Å². The molecule has 1 N–H and O–H groups in total. The first-order valence-electron chi connectivity index (χ1n) is 10.1. The molecular formula is C23H27N3O4. The summed E-state index contributed by atoms with van der Waals surface area (Å²) in [6, 6.07) is 13.6. The number of anilines is 1. The van der Waals surface area contributed by atoms with E-state index in [-0.39, 0.29) is 18.2 Å². The van der Waals surface area contributed by atoms with Gasteiger partial charge in [0, 0.05) is 13.1 Å². The summed E-state index contributed by atoms with van der Waals surface area (Å²) in [6.45, 7) is 4.57. The Morgan fingerprint density at radius 3 is 2.33 bits per heavy atom. The Bertz CT molecular complexity index is 909. The topological polar surface area (TPSA) is 79.0 Å². The molecule has 2 aromatic rings. The summed E-state index contributed by atoms with van der Waals surface area (Å²) >= 11 is 0. The first-order valence-corrected chi connectivity index (χ1v) is 10.1. The highest BCUT2D eigenvalue weighted by molar-refractivity contribution is 6.22. The zero-order valence-corrected chi connectivity index (χ0v) is 17.6. The van der Waals surface area contributed by atoms with Gasteiger partial charge in [-0.1, -0.05) is 29.8 Å². The van der Waals surface area contributed by atoms with E-state index in [0.717, 1.165) is 16.9 Å². The Kier molecular flexibility index (Phi) is 6.72. The fraction of sp³-hybridized carbons (Fsp3) is 0.348.